The number of nitrogens with zero attached hydrogens (tertiary/aromatic N) is 2. The number of aliphatic carboxylic acids is 2. The lowest BCUT2D eigenvalue weighted by Crippen LogP contribution is -2.41. The zero-order chi connectivity index (χ0) is 17.5. The van der Waals surface area contributed by atoms with E-state index in [4.69, 9.17) is 14.9 Å². The highest BCUT2D eigenvalue weighted by Crippen LogP contribution is 2.14. The number of morpholine rings is 1. The van der Waals surface area contributed by atoms with Crippen molar-refractivity contribution >= 4 is 29.2 Å². The SMILES string of the molecule is O=C(O)CCC(NC(=O)c1csc(CN2CCOCC2)n1)C(=O)O. The van der Waals surface area contributed by atoms with Crippen molar-refractivity contribution in [2.45, 2.75) is 25.4 Å². The van der Waals surface area contributed by atoms with Crippen LogP contribution in [0.5, 0.6) is 0 Å². The number of carboxylic acid groups (broad SMARTS) is 2. The van der Waals surface area contributed by atoms with Gasteiger partial charge in [-0.15, -0.1) is 11.3 Å². The van der Waals surface area contributed by atoms with Gasteiger partial charge in [0.05, 0.1) is 19.8 Å². The Morgan fingerprint density at radius 3 is 2.67 bits per heavy atom. The second-order valence-corrected chi connectivity index (χ2v) is 6.25. The van der Waals surface area contributed by atoms with Crippen LogP contribution in [0.2, 0.25) is 0 Å². The first-order valence-electron chi connectivity index (χ1n) is 7.45. The van der Waals surface area contributed by atoms with E-state index in [1.54, 1.807) is 5.38 Å². The highest BCUT2D eigenvalue weighted by molar-refractivity contribution is 7.09. The molecule has 132 valence electrons. The summed E-state index contributed by atoms with van der Waals surface area (Å²) in [6.07, 6.45) is -0.516. The fourth-order valence-corrected chi connectivity index (χ4v) is 3.01. The normalized spacial score (nSPS) is 16.5. The maximum absolute atomic E-state index is 12.1. The van der Waals surface area contributed by atoms with Gasteiger partial charge in [0, 0.05) is 24.9 Å². The molecule has 1 unspecified atom stereocenters. The number of nitrogens with one attached hydrogen (secondary N) is 1. The van der Waals surface area contributed by atoms with Gasteiger partial charge < -0.3 is 20.3 Å². The zero-order valence-corrected chi connectivity index (χ0v) is 13.8. The lowest BCUT2D eigenvalue weighted by Gasteiger charge is -2.25. The maximum atomic E-state index is 12.1. The molecule has 24 heavy (non-hydrogen) atoms. The minimum Gasteiger partial charge on any atom is -0.481 e. The van der Waals surface area contributed by atoms with Crippen LogP contribution in [0.1, 0.15) is 28.3 Å². The zero-order valence-electron chi connectivity index (χ0n) is 12.9. The topological polar surface area (TPSA) is 129 Å². The molecule has 2 rings (SSSR count). The largest absolute Gasteiger partial charge is 0.481 e. The summed E-state index contributed by atoms with van der Waals surface area (Å²) in [5.74, 6) is -3.00. The molecule has 1 aromatic rings. The third-order valence-corrected chi connectivity index (χ3v) is 4.33. The molecule has 1 aliphatic heterocycles. The number of rotatable bonds is 8. The summed E-state index contributed by atoms with van der Waals surface area (Å²) in [6, 6.07) is -1.25. The Balaban J connectivity index is 1.91. The van der Waals surface area contributed by atoms with Gasteiger partial charge >= 0.3 is 11.9 Å². The van der Waals surface area contributed by atoms with Crippen LogP contribution in [-0.4, -0.2) is 70.3 Å². The van der Waals surface area contributed by atoms with Gasteiger partial charge in [0.15, 0.2) is 0 Å². The monoisotopic (exact) mass is 357 g/mol. The Morgan fingerprint density at radius 1 is 1.33 bits per heavy atom. The minimum atomic E-state index is -1.27. The van der Waals surface area contributed by atoms with Gasteiger partial charge in [0.25, 0.3) is 5.91 Å². The molecule has 1 fully saturated rings. The second-order valence-electron chi connectivity index (χ2n) is 5.31. The molecule has 2 heterocycles. The fourth-order valence-electron chi connectivity index (χ4n) is 2.20. The fraction of sp³-hybridized carbons (Fsp3) is 0.571. The lowest BCUT2D eigenvalue weighted by atomic mass is 10.1. The number of ether oxygens (including phenoxy) is 1. The van der Waals surface area contributed by atoms with Crippen molar-refractivity contribution in [3.05, 3.63) is 16.1 Å². The van der Waals surface area contributed by atoms with Crippen LogP contribution in [-0.2, 0) is 20.9 Å². The minimum absolute atomic E-state index is 0.143. The van der Waals surface area contributed by atoms with Crippen LogP contribution < -0.4 is 5.32 Å². The molecule has 0 spiro atoms. The standard InChI is InChI=1S/C14H19N3O6S/c18-12(19)2-1-9(14(21)22)16-13(20)10-8-24-11(15-10)7-17-3-5-23-6-4-17/h8-9H,1-7H2,(H,16,20)(H,18,19)(H,21,22). The summed E-state index contributed by atoms with van der Waals surface area (Å²) in [7, 11) is 0. The molecule has 1 aliphatic rings. The van der Waals surface area contributed by atoms with Gasteiger partial charge in [-0.2, -0.15) is 0 Å². The number of carbonyl (C=O) groups is 3. The highest BCUT2D eigenvalue weighted by Gasteiger charge is 2.23. The number of carboxylic acids is 2. The van der Waals surface area contributed by atoms with E-state index >= 15 is 0 Å². The summed E-state index contributed by atoms with van der Waals surface area (Å²) >= 11 is 1.33. The average molecular weight is 357 g/mol. The molecule has 1 aromatic heterocycles. The molecule has 1 amide bonds. The predicted octanol–water partition coefficient (Wildman–Crippen LogP) is 0.0231. The van der Waals surface area contributed by atoms with Crippen LogP contribution >= 0.6 is 11.3 Å². The number of thiazole rings is 1. The van der Waals surface area contributed by atoms with E-state index in [-0.39, 0.29) is 18.5 Å². The summed E-state index contributed by atoms with van der Waals surface area (Å²) in [4.78, 5) is 40.1. The molecular weight excluding hydrogens is 338 g/mol. The Labute approximate surface area is 142 Å². The highest BCUT2D eigenvalue weighted by atomic mass is 32.1. The van der Waals surface area contributed by atoms with Crippen LogP contribution in [0, 0.1) is 0 Å². The van der Waals surface area contributed by atoms with Crippen molar-refractivity contribution in [1.82, 2.24) is 15.2 Å². The number of amides is 1. The third-order valence-electron chi connectivity index (χ3n) is 3.50. The molecule has 0 aliphatic carbocycles. The molecule has 3 N–H and O–H groups in total. The summed E-state index contributed by atoms with van der Waals surface area (Å²) in [6.45, 7) is 3.56. The average Bonchev–Trinajstić information content (AvgIpc) is 3.00. The molecule has 0 radical (unpaired) electrons. The summed E-state index contributed by atoms with van der Waals surface area (Å²) in [5, 5.41) is 22.3. The molecule has 1 atom stereocenters. The van der Waals surface area contributed by atoms with Gasteiger partial charge in [-0.1, -0.05) is 0 Å². The van der Waals surface area contributed by atoms with E-state index in [1.165, 1.54) is 11.3 Å². The third kappa shape index (κ3) is 5.55. The molecular formula is C14H19N3O6S. The number of aromatic nitrogens is 1. The number of carbonyl (C=O) groups excluding carboxylic acids is 1. The van der Waals surface area contributed by atoms with Crippen molar-refractivity contribution in [3.63, 3.8) is 0 Å². The van der Waals surface area contributed by atoms with Gasteiger partial charge in [-0.05, 0) is 6.42 Å². The van der Waals surface area contributed by atoms with Crippen molar-refractivity contribution in [2.24, 2.45) is 0 Å². The van der Waals surface area contributed by atoms with E-state index in [1.807, 2.05) is 0 Å². The molecule has 0 bridgehead atoms. The summed E-state index contributed by atoms with van der Waals surface area (Å²) < 4.78 is 5.27. The number of hydrogen-bond donors (Lipinski definition) is 3. The van der Waals surface area contributed by atoms with Crippen LogP contribution in [0.4, 0.5) is 0 Å². The van der Waals surface area contributed by atoms with E-state index in [9.17, 15) is 14.4 Å². The van der Waals surface area contributed by atoms with E-state index in [0.29, 0.717) is 19.8 Å². The number of hydrogen-bond acceptors (Lipinski definition) is 7. The van der Waals surface area contributed by atoms with Crippen molar-refractivity contribution in [3.8, 4) is 0 Å². The first-order valence-corrected chi connectivity index (χ1v) is 8.33. The molecule has 0 saturated carbocycles. The lowest BCUT2D eigenvalue weighted by molar-refractivity contribution is -0.140. The molecule has 1 saturated heterocycles. The van der Waals surface area contributed by atoms with E-state index in [2.05, 4.69) is 15.2 Å². The predicted molar refractivity (Wildman–Crippen MR) is 84.0 cm³/mol. The van der Waals surface area contributed by atoms with Crippen LogP contribution in [0.15, 0.2) is 5.38 Å². The molecule has 9 nitrogen and oxygen atoms in total. The van der Waals surface area contributed by atoms with E-state index in [0.717, 1.165) is 18.1 Å². The smallest absolute Gasteiger partial charge is 0.326 e. The van der Waals surface area contributed by atoms with E-state index < -0.39 is 23.9 Å². The Kier molecular flexibility index (Phi) is 6.64. The Morgan fingerprint density at radius 2 is 2.04 bits per heavy atom. The quantitative estimate of drug-likeness (QED) is 0.594. The van der Waals surface area contributed by atoms with Gasteiger partial charge in [0.2, 0.25) is 0 Å². The molecule has 0 aromatic carbocycles. The van der Waals surface area contributed by atoms with Gasteiger partial charge in [-0.3, -0.25) is 14.5 Å². The summed E-state index contributed by atoms with van der Waals surface area (Å²) in [5.41, 5.74) is 0.143. The maximum Gasteiger partial charge on any atom is 0.326 e. The second kappa shape index (κ2) is 8.71. The Hall–Kier alpha value is -2.04. The van der Waals surface area contributed by atoms with Gasteiger partial charge in [-0.25, -0.2) is 9.78 Å². The Bertz CT molecular complexity index is 599. The van der Waals surface area contributed by atoms with Crippen LogP contribution in [0.3, 0.4) is 0 Å². The first-order chi connectivity index (χ1) is 11.5. The molecule has 10 heteroatoms. The van der Waals surface area contributed by atoms with Crippen molar-refractivity contribution in [1.29, 1.82) is 0 Å². The van der Waals surface area contributed by atoms with Gasteiger partial charge in [0.1, 0.15) is 16.7 Å². The van der Waals surface area contributed by atoms with Crippen LogP contribution in [0.25, 0.3) is 0 Å². The van der Waals surface area contributed by atoms with Crippen molar-refractivity contribution < 1.29 is 29.3 Å². The van der Waals surface area contributed by atoms with Crippen molar-refractivity contribution in [2.75, 3.05) is 26.3 Å². The first kappa shape index (κ1) is 18.3.